The molecular formula is C19H15N3O3S2. The maximum atomic E-state index is 12.5. The van der Waals surface area contributed by atoms with Crippen LogP contribution in [0.2, 0.25) is 0 Å². The Kier molecular flexibility index (Phi) is 6.30. The van der Waals surface area contributed by atoms with Crippen molar-refractivity contribution in [3.63, 3.8) is 0 Å². The molecule has 0 unspecified atom stereocenters. The number of anilines is 1. The zero-order valence-electron chi connectivity index (χ0n) is 14.2. The third-order valence-electron chi connectivity index (χ3n) is 3.59. The molecular weight excluding hydrogens is 382 g/mol. The number of aromatic nitrogens is 1. The highest BCUT2D eigenvalue weighted by Crippen LogP contribution is 2.28. The number of amides is 1. The van der Waals surface area contributed by atoms with Gasteiger partial charge in [0, 0.05) is 17.6 Å². The van der Waals surface area contributed by atoms with E-state index in [0.29, 0.717) is 5.69 Å². The average molecular weight is 397 g/mol. The van der Waals surface area contributed by atoms with Crippen molar-refractivity contribution in [3.05, 3.63) is 58.9 Å². The van der Waals surface area contributed by atoms with Gasteiger partial charge in [-0.05, 0) is 23.6 Å². The van der Waals surface area contributed by atoms with Crippen LogP contribution in [0.3, 0.4) is 0 Å². The number of benzene rings is 1. The van der Waals surface area contributed by atoms with Crippen LogP contribution in [0.15, 0.2) is 53.2 Å². The Morgan fingerprint density at radius 1 is 1.15 bits per heavy atom. The molecule has 0 saturated carbocycles. The zero-order chi connectivity index (χ0) is 19.1. The average Bonchev–Trinajstić information content (AvgIpc) is 3.38. The molecule has 2 heterocycles. The summed E-state index contributed by atoms with van der Waals surface area (Å²) in [5, 5.41) is 13.1. The normalized spacial score (nSPS) is 10.2. The Labute approximate surface area is 164 Å². The van der Waals surface area contributed by atoms with Crippen LogP contribution in [-0.4, -0.2) is 30.0 Å². The molecule has 6 nitrogen and oxygen atoms in total. The summed E-state index contributed by atoms with van der Waals surface area (Å²) in [7, 11) is 0. The van der Waals surface area contributed by atoms with Crippen LogP contribution < -0.4 is 4.90 Å². The summed E-state index contributed by atoms with van der Waals surface area (Å²) in [4.78, 5) is 31.4. The highest BCUT2D eigenvalue weighted by atomic mass is 32.1. The SMILES string of the molecule is N#CCCN(C(=O)COC(=O)c1csc(-c2cccs2)n1)c1ccccc1. The summed E-state index contributed by atoms with van der Waals surface area (Å²) >= 11 is 2.89. The van der Waals surface area contributed by atoms with E-state index in [0.717, 1.165) is 9.88 Å². The predicted octanol–water partition coefficient (Wildman–Crippen LogP) is 3.98. The Balaban J connectivity index is 1.63. The number of esters is 1. The van der Waals surface area contributed by atoms with Crippen LogP contribution in [0.1, 0.15) is 16.9 Å². The standard InChI is InChI=1S/C19H15N3O3S2/c20-9-5-10-22(14-6-2-1-3-7-14)17(23)12-25-19(24)15-13-27-18(21-15)16-8-4-11-26-16/h1-4,6-8,11,13H,5,10,12H2. The van der Waals surface area contributed by atoms with Crippen LogP contribution in [0.25, 0.3) is 9.88 Å². The second-order valence-corrected chi connectivity index (χ2v) is 7.19. The lowest BCUT2D eigenvalue weighted by molar-refractivity contribution is -0.121. The number of thiazole rings is 1. The number of hydrogen-bond acceptors (Lipinski definition) is 7. The van der Waals surface area contributed by atoms with E-state index in [9.17, 15) is 9.59 Å². The number of para-hydroxylation sites is 1. The molecule has 136 valence electrons. The topological polar surface area (TPSA) is 83.3 Å². The van der Waals surface area contributed by atoms with Crippen LogP contribution in [0.5, 0.6) is 0 Å². The Morgan fingerprint density at radius 3 is 2.67 bits per heavy atom. The van der Waals surface area contributed by atoms with Crippen molar-refractivity contribution in [2.45, 2.75) is 6.42 Å². The minimum atomic E-state index is -0.643. The lowest BCUT2D eigenvalue weighted by atomic mass is 10.2. The van der Waals surface area contributed by atoms with Gasteiger partial charge in [-0.2, -0.15) is 5.26 Å². The van der Waals surface area contributed by atoms with Crippen molar-refractivity contribution in [1.29, 1.82) is 5.26 Å². The number of carbonyl (C=O) groups is 2. The van der Waals surface area contributed by atoms with E-state index in [1.54, 1.807) is 29.6 Å². The van der Waals surface area contributed by atoms with Crippen molar-refractivity contribution < 1.29 is 14.3 Å². The Hall–Kier alpha value is -3.02. The number of nitrogens with zero attached hydrogens (tertiary/aromatic N) is 3. The van der Waals surface area contributed by atoms with Crippen molar-refractivity contribution in [2.24, 2.45) is 0 Å². The van der Waals surface area contributed by atoms with Gasteiger partial charge in [0.25, 0.3) is 5.91 Å². The van der Waals surface area contributed by atoms with E-state index in [1.807, 2.05) is 29.6 Å². The molecule has 0 N–H and O–H groups in total. The van der Waals surface area contributed by atoms with Gasteiger partial charge in [-0.1, -0.05) is 24.3 Å². The molecule has 0 atom stereocenters. The monoisotopic (exact) mass is 397 g/mol. The first-order chi connectivity index (χ1) is 13.2. The number of thiophene rings is 1. The summed E-state index contributed by atoms with van der Waals surface area (Å²) in [6.45, 7) is -0.179. The second kappa shape index (κ2) is 9.07. The molecule has 27 heavy (non-hydrogen) atoms. The number of ether oxygens (including phenoxy) is 1. The van der Waals surface area contributed by atoms with Crippen LogP contribution in [0, 0.1) is 11.3 Å². The van der Waals surface area contributed by atoms with Gasteiger partial charge < -0.3 is 9.64 Å². The number of rotatable bonds is 7. The van der Waals surface area contributed by atoms with Crippen LogP contribution in [0.4, 0.5) is 5.69 Å². The molecule has 8 heteroatoms. The fourth-order valence-electron chi connectivity index (χ4n) is 2.33. The van der Waals surface area contributed by atoms with Gasteiger partial charge in [0.15, 0.2) is 12.3 Å². The summed E-state index contributed by atoms with van der Waals surface area (Å²) < 4.78 is 5.14. The molecule has 1 aromatic carbocycles. The fourth-order valence-corrected chi connectivity index (χ4v) is 3.93. The number of carbonyl (C=O) groups excluding carboxylic acids is 2. The van der Waals surface area contributed by atoms with E-state index in [1.165, 1.54) is 27.6 Å². The minimum Gasteiger partial charge on any atom is -0.451 e. The Morgan fingerprint density at radius 2 is 1.96 bits per heavy atom. The van der Waals surface area contributed by atoms with Gasteiger partial charge in [-0.15, -0.1) is 22.7 Å². The molecule has 2 aromatic heterocycles. The summed E-state index contributed by atoms with van der Waals surface area (Å²) in [5.41, 5.74) is 0.835. The van der Waals surface area contributed by atoms with Gasteiger partial charge in [0.1, 0.15) is 5.01 Å². The van der Waals surface area contributed by atoms with Gasteiger partial charge >= 0.3 is 5.97 Å². The number of nitriles is 1. The van der Waals surface area contributed by atoms with E-state index >= 15 is 0 Å². The van der Waals surface area contributed by atoms with Crippen molar-refractivity contribution in [3.8, 4) is 16.0 Å². The molecule has 1 amide bonds. The predicted molar refractivity (Wildman–Crippen MR) is 105 cm³/mol. The van der Waals surface area contributed by atoms with Gasteiger partial charge in [0.05, 0.1) is 17.4 Å². The lowest BCUT2D eigenvalue weighted by Gasteiger charge is -2.21. The Bertz CT molecular complexity index is 946. The first kappa shape index (κ1) is 18.8. The molecule has 0 aliphatic carbocycles. The summed E-state index contributed by atoms with van der Waals surface area (Å²) in [6.07, 6.45) is 0.185. The van der Waals surface area contributed by atoms with Gasteiger partial charge in [-0.3, -0.25) is 4.79 Å². The van der Waals surface area contributed by atoms with Crippen LogP contribution in [-0.2, 0) is 9.53 Å². The smallest absolute Gasteiger partial charge is 0.358 e. The number of hydrogen-bond donors (Lipinski definition) is 0. The highest BCUT2D eigenvalue weighted by molar-refractivity contribution is 7.20. The molecule has 0 saturated heterocycles. The molecule has 0 aliphatic heterocycles. The lowest BCUT2D eigenvalue weighted by Crippen LogP contribution is -2.35. The largest absolute Gasteiger partial charge is 0.451 e. The van der Waals surface area contributed by atoms with E-state index < -0.39 is 18.5 Å². The third kappa shape index (κ3) is 4.78. The van der Waals surface area contributed by atoms with Crippen molar-refractivity contribution >= 4 is 40.2 Å². The van der Waals surface area contributed by atoms with E-state index in [-0.39, 0.29) is 18.7 Å². The maximum Gasteiger partial charge on any atom is 0.358 e. The van der Waals surface area contributed by atoms with E-state index in [4.69, 9.17) is 10.00 Å². The highest BCUT2D eigenvalue weighted by Gasteiger charge is 2.19. The minimum absolute atomic E-state index is 0.180. The molecule has 0 radical (unpaired) electrons. The molecule has 0 fully saturated rings. The maximum absolute atomic E-state index is 12.5. The first-order valence-electron chi connectivity index (χ1n) is 8.08. The molecule has 0 bridgehead atoms. The summed E-state index contributed by atoms with van der Waals surface area (Å²) in [5.74, 6) is -1.03. The fraction of sp³-hybridized carbons (Fsp3) is 0.158. The van der Waals surface area contributed by atoms with E-state index in [2.05, 4.69) is 4.98 Å². The molecule has 3 aromatic rings. The molecule has 0 aliphatic rings. The van der Waals surface area contributed by atoms with Crippen molar-refractivity contribution in [2.75, 3.05) is 18.1 Å². The van der Waals surface area contributed by atoms with Gasteiger partial charge in [-0.25, -0.2) is 9.78 Å². The van der Waals surface area contributed by atoms with Crippen molar-refractivity contribution in [1.82, 2.24) is 4.98 Å². The summed E-state index contributed by atoms with van der Waals surface area (Å²) in [6, 6.07) is 14.8. The zero-order valence-corrected chi connectivity index (χ0v) is 15.8. The molecule has 3 rings (SSSR count). The first-order valence-corrected chi connectivity index (χ1v) is 9.84. The van der Waals surface area contributed by atoms with Crippen LogP contribution >= 0.6 is 22.7 Å². The molecule has 0 spiro atoms. The third-order valence-corrected chi connectivity index (χ3v) is 5.47. The quantitative estimate of drug-likeness (QED) is 0.563. The second-order valence-electron chi connectivity index (χ2n) is 5.38. The van der Waals surface area contributed by atoms with Gasteiger partial charge in [0.2, 0.25) is 0 Å².